The number of halogens is 1. The third-order valence-electron chi connectivity index (χ3n) is 6.53. The number of nitrogens with zero attached hydrogens (tertiary/aromatic N) is 2. The van der Waals surface area contributed by atoms with Gasteiger partial charge in [-0.2, -0.15) is 0 Å². The third-order valence-corrected chi connectivity index (χ3v) is 6.53. The summed E-state index contributed by atoms with van der Waals surface area (Å²) >= 11 is 0. The van der Waals surface area contributed by atoms with Crippen LogP contribution in [0.25, 0.3) is 32.7 Å². The van der Waals surface area contributed by atoms with E-state index in [4.69, 9.17) is 9.72 Å². The smallest absolute Gasteiger partial charge is 0.142 e. The molecule has 0 atom stereocenters. The van der Waals surface area contributed by atoms with Gasteiger partial charge in [0.25, 0.3) is 0 Å². The molecule has 4 N–H and O–H groups in total. The Balaban J connectivity index is 0.00000176. The fourth-order valence-corrected chi connectivity index (χ4v) is 4.69. The highest BCUT2D eigenvalue weighted by atomic mass is 35.5. The lowest BCUT2D eigenvalue weighted by Gasteiger charge is -2.16. The molecule has 0 radical (unpaired) electrons. The molecule has 0 aliphatic heterocycles. The van der Waals surface area contributed by atoms with Gasteiger partial charge in [-0.25, -0.2) is 4.98 Å². The largest absolute Gasteiger partial charge is 0.491 e. The van der Waals surface area contributed by atoms with Gasteiger partial charge in [-0.3, -0.25) is 4.98 Å². The molecule has 0 saturated carbocycles. The summed E-state index contributed by atoms with van der Waals surface area (Å²) in [5.74, 6) is 0.848. The molecular formula is C32H31ClN4O2. The zero-order valence-electron chi connectivity index (χ0n) is 21.4. The molecule has 0 amide bonds. The zero-order valence-corrected chi connectivity index (χ0v) is 22.2. The van der Waals surface area contributed by atoms with E-state index in [9.17, 15) is 0 Å². The third kappa shape index (κ3) is 6.03. The number of para-hydroxylation sites is 5. The van der Waals surface area contributed by atoms with Crippen molar-refractivity contribution in [3.8, 4) is 5.75 Å². The Labute approximate surface area is 233 Å². The van der Waals surface area contributed by atoms with Crippen LogP contribution in [-0.2, 0) is 0 Å². The average Bonchev–Trinajstić information content (AvgIpc) is 2.95. The van der Waals surface area contributed by atoms with Crippen molar-refractivity contribution in [2.75, 3.05) is 23.8 Å². The summed E-state index contributed by atoms with van der Waals surface area (Å²) in [6.07, 6.45) is 3.81. The van der Waals surface area contributed by atoms with Gasteiger partial charge in [0.15, 0.2) is 0 Å². The molecule has 6 nitrogen and oxygen atoms in total. The van der Waals surface area contributed by atoms with Crippen molar-refractivity contribution >= 4 is 62.2 Å². The van der Waals surface area contributed by atoms with E-state index in [0.717, 1.165) is 74.9 Å². The van der Waals surface area contributed by atoms with Crippen molar-refractivity contribution in [2.45, 2.75) is 12.8 Å². The summed E-state index contributed by atoms with van der Waals surface area (Å²) < 4.78 is 6.24. The molecule has 0 fully saturated rings. The van der Waals surface area contributed by atoms with Gasteiger partial charge in [-0.1, -0.05) is 66.7 Å². The molecule has 0 bridgehead atoms. The summed E-state index contributed by atoms with van der Waals surface area (Å²) in [5, 5.41) is 10.5. The number of hydrogen-bond donors (Lipinski definition) is 2. The minimum absolute atomic E-state index is 0. The molecule has 2 aromatic heterocycles. The number of benzene rings is 4. The highest BCUT2D eigenvalue weighted by Crippen LogP contribution is 2.36. The van der Waals surface area contributed by atoms with Crippen molar-refractivity contribution in [1.82, 2.24) is 9.97 Å². The second-order valence-corrected chi connectivity index (χ2v) is 9.00. The summed E-state index contributed by atoms with van der Waals surface area (Å²) in [4.78, 5) is 9.27. The van der Waals surface area contributed by atoms with Crippen LogP contribution < -0.4 is 15.4 Å². The number of nitrogens with one attached hydrogen (secondary N) is 2. The van der Waals surface area contributed by atoms with E-state index in [1.165, 1.54) is 0 Å². The molecule has 4 aromatic carbocycles. The summed E-state index contributed by atoms with van der Waals surface area (Å²) in [5.41, 5.74) is 6.07. The molecule has 6 aromatic rings. The maximum Gasteiger partial charge on any atom is 0.142 e. The first-order valence-electron chi connectivity index (χ1n) is 12.7. The molecule has 7 heteroatoms. The van der Waals surface area contributed by atoms with Crippen molar-refractivity contribution in [2.24, 2.45) is 0 Å². The van der Waals surface area contributed by atoms with Crippen LogP contribution >= 0.6 is 12.4 Å². The number of anilines is 3. The standard InChI is InChI=1S/C32H28N4O.ClH.H2O/c1-4-14-26-23(11-1)27(19-21-34-26)33-20-9-10-22-37-31-18-8-7-17-30(31)36-32-24-12-2-5-15-28(24)35-29-16-6-3-13-25(29)32;;/h1-8,11-19,21H,9-10,20,22H2,(H,33,34)(H,35,36);1H;1H2. The molecule has 6 rings (SSSR count). The molecular weight excluding hydrogens is 508 g/mol. The van der Waals surface area contributed by atoms with Gasteiger partial charge < -0.3 is 20.8 Å². The van der Waals surface area contributed by atoms with E-state index in [-0.39, 0.29) is 17.9 Å². The van der Waals surface area contributed by atoms with E-state index < -0.39 is 0 Å². The summed E-state index contributed by atoms with van der Waals surface area (Å²) in [6, 6.07) is 34.9. The second kappa shape index (κ2) is 12.9. The summed E-state index contributed by atoms with van der Waals surface area (Å²) in [6.45, 7) is 1.53. The maximum atomic E-state index is 6.24. The van der Waals surface area contributed by atoms with Crippen LogP contribution in [-0.4, -0.2) is 28.6 Å². The number of pyridine rings is 2. The first-order chi connectivity index (χ1) is 18.4. The van der Waals surface area contributed by atoms with Crippen LogP contribution in [0.3, 0.4) is 0 Å². The van der Waals surface area contributed by atoms with Crippen LogP contribution in [0.5, 0.6) is 5.75 Å². The first-order valence-corrected chi connectivity index (χ1v) is 12.7. The SMILES string of the molecule is Cl.O.c1ccc(OCCCCNc2ccnc3ccccc23)c(Nc2c3ccccc3nc3ccccc23)c1. The maximum absolute atomic E-state index is 6.24. The van der Waals surface area contributed by atoms with E-state index in [0.29, 0.717) is 6.61 Å². The van der Waals surface area contributed by atoms with Crippen molar-refractivity contribution < 1.29 is 10.2 Å². The van der Waals surface area contributed by atoms with Crippen LogP contribution in [0.4, 0.5) is 17.1 Å². The number of hydrogen-bond acceptors (Lipinski definition) is 5. The van der Waals surface area contributed by atoms with E-state index in [2.05, 4.69) is 64.1 Å². The summed E-state index contributed by atoms with van der Waals surface area (Å²) in [7, 11) is 0. The average molecular weight is 539 g/mol. The minimum Gasteiger partial charge on any atom is -0.491 e. The molecule has 0 unspecified atom stereocenters. The number of unbranched alkanes of at least 4 members (excludes halogenated alkanes) is 1. The lowest BCUT2D eigenvalue weighted by atomic mass is 10.1. The Morgan fingerprint density at radius 1 is 0.615 bits per heavy atom. The van der Waals surface area contributed by atoms with Crippen molar-refractivity contribution in [1.29, 1.82) is 0 Å². The molecule has 198 valence electrons. The van der Waals surface area contributed by atoms with Gasteiger partial charge >= 0.3 is 0 Å². The number of fused-ring (bicyclic) bond motifs is 3. The number of aromatic nitrogens is 2. The predicted octanol–water partition coefficient (Wildman–Crippen LogP) is 7.55. The molecule has 2 heterocycles. The van der Waals surface area contributed by atoms with Gasteiger partial charge in [0, 0.05) is 34.6 Å². The first kappa shape index (κ1) is 27.6. The Bertz CT molecular complexity index is 1630. The van der Waals surface area contributed by atoms with Crippen molar-refractivity contribution in [3.63, 3.8) is 0 Å². The van der Waals surface area contributed by atoms with Crippen LogP contribution in [0.2, 0.25) is 0 Å². The fourth-order valence-electron chi connectivity index (χ4n) is 4.69. The van der Waals surface area contributed by atoms with Gasteiger partial charge in [-0.05, 0) is 49.2 Å². The number of ether oxygens (including phenoxy) is 1. The van der Waals surface area contributed by atoms with E-state index in [1.807, 2.05) is 60.8 Å². The van der Waals surface area contributed by atoms with Crippen molar-refractivity contribution in [3.05, 3.63) is 109 Å². The Kier molecular flexibility index (Phi) is 9.15. The van der Waals surface area contributed by atoms with E-state index in [1.54, 1.807) is 0 Å². The Morgan fingerprint density at radius 2 is 1.23 bits per heavy atom. The Morgan fingerprint density at radius 3 is 1.97 bits per heavy atom. The lowest BCUT2D eigenvalue weighted by Crippen LogP contribution is -2.06. The van der Waals surface area contributed by atoms with E-state index >= 15 is 0 Å². The molecule has 0 aliphatic rings. The van der Waals surface area contributed by atoms with Gasteiger partial charge in [0.1, 0.15) is 5.75 Å². The Hall–Kier alpha value is -4.39. The minimum atomic E-state index is 0. The highest BCUT2D eigenvalue weighted by molar-refractivity contribution is 6.08. The van der Waals surface area contributed by atoms with Crippen LogP contribution in [0, 0.1) is 0 Å². The lowest BCUT2D eigenvalue weighted by molar-refractivity contribution is 0.310. The normalized spacial score (nSPS) is 10.6. The number of rotatable bonds is 9. The second-order valence-electron chi connectivity index (χ2n) is 9.00. The molecule has 0 aliphatic carbocycles. The molecule has 39 heavy (non-hydrogen) atoms. The predicted molar refractivity (Wildman–Crippen MR) is 165 cm³/mol. The fraction of sp³-hybridized carbons (Fsp3) is 0.125. The quantitative estimate of drug-likeness (QED) is 0.146. The molecule has 0 spiro atoms. The zero-order chi connectivity index (χ0) is 24.9. The van der Waals surface area contributed by atoms with Gasteiger partial charge in [-0.15, -0.1) is 12.4 Å². The van der Waals surface area contributed by atoms with Crippen LogP contribution in [0.1, 0.15) is 12.8 Å². The van der Waals surface area contributed by atoms with Crippen LogP contribution in [0.15, 0.2) is 109 Å². The molecule has 0 saturated heterocycles. The topological polar surface area (TPSA) is 90.6 Å². The van der Waals surface area contributed by atoms with Gasteiger partial charge in [0.05, 0.1) is 34.5 Å². The van der Waals surface area contributed by atoms with Gasteiger partial charge in [0.2, 0.25) is 0 Å². The monoisotopic (exact) mass is 538 g/mol. The highest BCUT2D eigenvalue weighted by Gasteiger charge is 2.11.